The standard InChI is InChI=1S/C25H21ClN2O3/c1-3-27(19-12-8-5-9-13-19)23-22(17-10-6-4-7-11-17)24(29)28(25(23)30)20-16-18(26)14-15-21(20)31-2/h4-16H,3H2,1-2H3. The molecule has 0 saturated heterocycles. The van der Waals surface area contributed by atoms with E-state index in [1.807, 2.05) is 72.5 Å². The van der Waals surface area contributed by atoms with Gasteiger partial charge in [0.25, 0.3) is 11.8 Å². The summed E-state index contributed by atoms with van der Waals surface area (Å²) in [7, 11) is 1.49. The lowest BCUT2D eigenvalue weighted by Crippen LogP contribution is -2.35. The molecule has 0 N–H and O–H groups in total. The molecular weight excluding hydrogens is 412 g/mol. The van der Waals surface area contributed by atoms with Crippen molar-refractivity contribution in [1.29, 1.82) is 0 Å². The van der Waals surface area contributed by atoms with Gasteiger partial charge >= 0.3 is 0 Å². The summed E-state index contributed by atoms with van der Waals surface area (Å²) in [5.74, 6) is -0.446. The predicted octanol–water partition coefficient (Wildman–Crippen LogP) is 5.16. The van der Waals surface area contributed by atoms with Crippen LogP contribution in [0.2, 0.25) is 5.02 Å². The Kier molecular flexibility index (Phi) is 5.78. The predicted molar refractivity (Wildman–Crippen MR) is 123 cm³/mol. The SMILES string of the molecule is CCN(C1=C(c2ccccc2)C(=O)N(c2cc(Cl)ccc2OC)C1=O)c1ccccc1. The van der Waals surface area contributed by atoms with Crippen molar-refractivity contribution in [2.45, 2.75) is 6.92 Å². The average molecular weight is 433 g/mol. The molecular formula is C25H21ClN2O3. The molecule has 1 aliphatic heterocycles. The first-order valence-electron chi connectivity index (χ1n) is 9.91. The molecule has 6 heteroatoms. The van der Waals surface area contributed by atoms with Crippen molar-refractivity contribution in [2.24, 2.45) is 0 Å². The van der Waals surface area contributed by atoms with Crippen LogP contribution in [0, 0.1) is 0 Å². The monoisotopic (exact) mass is 432 g/mol. The van der Waals surface area contributed by atoms with E-state index in [4.69, 9.17) is 16.3 Å². The molecule has 3 aromatic carbocycles. The molecule has 1 aliphatic rings. The third-order valence-electron chi connectivity index (χ3n) is 5.16. The van der Waals surface area contributed by atoms with Gasteiger partial charge in [-0.3, -0.25) is 9.59 Å². The number of amides is 2. The number of methoxy groups -OCH3 is 1. The fourth-order valence-electron chi connectivity index (χ4n) is 3.77. The van der Waals surface area contributed by atoms with E-state index in [1.165, 1.54) is 7.11 Å². The van der Waals surface area contributed by atoms with Crippen LogP contribution in [-0.2, 0) is 9.59 Å². The Labute approximate surface area is 186 Å². The molecule has 0 saturated carbocycles. The summed E-state index contributed by atoms with van der Waals surface area (Å²) in [5, 5.41) is 0.404. The summed E-state index contributed by atoms with van der Waals surface area (Å²) in [6, 6.07) is 23.6. The smallest absolute Gasteiger partial charge is 0.282 e. The third kappa shape index (κ3) is 3.68. The number of carbonyl (C=O) groups is 2. The van der Waals surface area contributed by atoms with Crippen molar-refractivity contribution < 1.29 is 14.3 Å². The number of para-hydroxylation sites is 1. The molecule has 0 spiro atoms. The van der Waals surface area contributed by atoms with Crippen LogP contribution in [0.5, 0.6) is 5.75 Å². The minimum Gasteiger partial charge on any atom is -0.495 e. The molecule has 0 unspecified atom stereocenters. The minimum atomic E-state index is -0.421. The number of ether oxygens (including phenoxy) is 1. The second-order valence-electron chi connectivity index (χ2n) is 6.93. The van der Waals surface area contributed by atoms with Gasteiger partial charge in [-0.2, -0.15) is 0 Å². The zero-order valence-corrected chi connectivity index (χ0v) is 18.0. The van der Waals surface area contributed by atoms with Gasteiger partial charge in [-0.15, -0.1) is 0 Å². The molecule has 3 aromatic rings. The Morgan fingerprint density at radius 2 is 1.55 bits per heavy atom. The van der Waals surface area contributed by atoms with Crippen LogP contribution in [0.4, 0.5) is 11.4 Å². The van der Waals surface area contributed by atoms with Crippen LogP contribution in [0.15, 0.2) is 84.6 Å². The van der Waals surface area contributed by atoms with Gasteiger partial charge in [0.2, 0.25) is 0 Å². The van der Waals surface area contributed by atoms with Crippen LogP contribution >= 0.6 is 11.6 Å². The maximum atomic E-state index is 13.8. The summed E-state index contributed by atoms with van der Waals surface area (Å²) >= 11 is 6.19. The van der Waals surface area contributed by atoms with Gasteiger partial charge in [0, 0.05) is 17.3 Å². The number of anilines is 2. The quantitative estimate of drug-likeness (QED) is 0.505. The lowest BCUT2D eigenvalue weighted by atomic mass is 10.0. The van der Waals surface area contributed by atoms with Crippen LogP contribution in [-0.4, -0.2) is 25.5 Å². The Hall–Kier alpha value is -3.57. The summed E-state index contributed by atoms with van der Waals surface area (Å²) in [4.78, 5) is 30.4. The van der Waals surface area contributed by atoms with E-state index in [2.05, 4.69) is 0 Å². The van der Waals surface area contributed by atoms with E-state index in [-0.39, 0.29) is 0 Å². The van der Waals surface area contributed by atoms with Gasteiger partial charge in [-0.1, -0.05) is 60.1 Å². The maximum Gasteiger partial charge on any atom is 0.282 e. The van der Waals surface area contributed by atoms with E-state index in [1.54, 1.807) is 18.2 Å². The van der Waals surface area contributed by atoms with Crippen molar-refractivity contribution in [3.63, 3.8) is 0 Å². The lowest BCUT2D eigenvalue weighted by Gasteiger charge is -2.25. The van der Waals surface area contributed by atoms with Crippen LogP contribution in [0.3, 0.4) is 0 Å². The first kappa shape index (κ1) is 20.7. The number of carbonyl (C=O) groups excluding carboxylic acids is 2. The minimum absolute atomic E-state index is 0.317. The Morgan fingerprint density at radius 3 is 2.16 bits per heavy atom. The summed E-state index contributed by atoms with van der Waals surface area (Å²) in [6.45, 7) is 2.46. The molecule has 4 rings (SSSR count). The van der Waals surface area contributed by atoms with E-state index in [0.29, 0.717) is 39.8 Å². The third-order valence-corrected chi connectivity index (χ3v) is 5.39. The highest BCUT2D eigenvalue weighted by Crippen LogP contribution is 2.40. The van der Waals surface area contributed by atoms with Crippen LogP contribution in [0.1, 0.15) is 12.5 Å². The van der Waals surface area contributed by atoms with Gasteiger partial charge in [0.15, 0.2) is 0 Å². The number of hydrogen-bond donors (Lipinski definition) is 0. The Bertz CT molecular complexity index is 1160. The Morgan fingerprint density at radius 1 is 0.903 bits per heavy atom. The highest BCUT2D eigenvalue weighted by Gasteiger charge is 2.43. The van der Waals surface area contributed by atoms with Gasteiger partial charge in [0.05, 0.1) is 18.4 Å². The largest absolute Gasteiger partial charge is 0.495 e. The zero-order valence-electron chi connectivity index (χ0n) is 17.2. The van der Waals surface area contributed by atoms with Gasteiger partial charge < -0.3 is 9.64 Å². The summed E-state index contributed by atoms with van der Waals surface area (Å²) in [6.07, 6.45) is 0. The molecule has 0 atom stereocenters. The van der Waals surface area contributed by atoms with E-state index < -0.39 is 11.8 Å². The van der Waals surface area contributed by atoms with Crippen molar-refractivity contribution in [3.8, 4) is 5.75 Å². The normalized spacial score (nSPS) is 13.7. The van der Waals surface area contributed by atoms with E-state index >= 15 is 0 Å². The fourth-order valence-corrected chi connectivity index (χ4v) is 3.93. The zero-order chi connectivity index (χ0) is 22.0. The fraction of sp³-hybridized carbons (Fsp3) is 0.120. The number of rotatable bonds is 6. The summed E-state index contributed by atoms with van der Waals surface area (Å²) in [5.41, 5.74) is 2.49. The number of hydrogen-bond acceptors (Lipinski definition) is 4. The molecule has 156 valence electrons. The molecule has 2 amide bonds. The maximum absolute atomic E-state index is 13.8. The lowest BCUT2D eigenvalue weighted by molar-refractivity contribution is -0.120. The average Bonchev–Trinajstić information content (AvgIpc) is 3.05. The van der Waals surface area contributed by atoms with Gasteiger partial charge in [-0.05, 0) is 42.8 Å². The topological polar surface area (TPSA) is 49.9 Å². The number of imide groups is 1. The van der Waals surface area contributed by atoms with Crippen LogP contribution < -0.4 is 14.5 Å². The number of halogens is 1. The highest BCUT2D eigenvalue weighted by atomic mass is 35.5. The molecule has 0 aliphatic carbocycles. The van der Waals surface area contributed by atoms with E-state index in [0.717, 1.165) is 10.6 Å². The highest BCUT2D eigenvalue weighted by molar-refractivity contribution is 6.46. The van der Waals surface area contributed by atoms with E-state index in [9.17, 15) is 9.59 Å². The number of benzene rings is 3. The molecule has 31 heavy (non-hydrogen) atoms. The Balaban J connectivity index is 1.93. The van der Waals surface area contributed by atoms with Gasteiger partial charge in [0.1, 0.15) is 11.4 Å². The first-order valence-corrected chi connectivity index (χ1v) is 10.3. The second kappa shape index (κ2) is 8.66. The molecule has 5 nitrogen and oxygen atoms in total. The molecule has 0 radical (unpaired) electrons. The van der Waals surface area contributed by atoms with Crippen LogP contribution in [0.25, 0.3) is 5.57 Å². The number of likely N-dealkylation sites (N-methyl/N-ethyl adjacent to an activating group) is 1. The molecule has 0 fully saturated rings. The number of nitrogens with zero attached hydrogens (tertiary/aromatic N) is 2. The van der Waals surface area contributed by atoms with Gasteiger partial charge in [-0.25, -0.2) is 4.90 Å². The molecule has 0 bridgehead atoms. The van der Waals surface area contributed by atoms with Crippen molar-refractivity contribution in [1.82, 2.24) is 0 Å². The van der Waals surface area contributed by atoms with Crippen molar-refractivity contribution in [3.05, 3.63) is 95.1 Å². The first-order chi connectivity index (χ1) is 15.1. The van der Waals surface area contributed by atoms with Crippen molar-refractivity contribution >= 4 is 40.4 Å². The summed E-state index contributed by atoms with van der Waals surface area (Å²) < 4.78 is 5.42. The second-order valence-corrected chi connectivity index (χ2v) is 7.37. The molecule has 1 heterocycles. The molecule has 0 aromatic heterocycles. The van der Waals surface area contributed by atoms with Crippen molar-refractivity contribution in [2.75, 3.05) is 23.5 Å².